The molecule has 0 fully saturated rings. The van der Waals surface area contributed by atoms with Crippen molar-refractivity contribution >= 4 is 5.97 Å². The minimum Gasteiger partial charge on any atom is -0.478 e. The van der Waals surface area contributed by atoms with Crippen molar-refractivity contribution in [2.75, 3.05) is 6.61 Å². The van der Waals surface area contributed by atoms with Crippen LogP contribution in [-0.2, 0) is 16.0 Å². The number of hydrogen-bond acceptors (Lipinski definition) is 3. The first kappa shape index (κ1) is 17.2. The van der Waals surface area contributed by atoms with Gasteiger partial charge < -0.3 is 14.6 Å². The molecule has 1 aromatic rings. The van der Waals surface area contributed by atoms with Crippen LogP contribution in [0, 0.1) is 0 Å². The van der Waals surface area contributed by atoms with Gasteiger partial charge in [-0.3, -0.25) is 0 Å². The summed E-state index contributed by atoms with van der Waals surface area (Å²) in [5, 5.41) is 8.79. The monoisotopic (exact) mass is 292 g/mol. The molecule has 0 aliphatic heterocycles. The zero-order valence-corrected chi connectivity index (χ0v) is 13.0. The van der Waals surface area contributed by atoms with E-state index in [9.17, 15) is 4.79 Å². The Bertz CT molecular complexity index is 462. The van der Waals surface area contributed by atoms with E-state index in [4.69, 9.17) is 14.6 Å². The number of allylic oxidation sites excluding steroid dienone is 1. The van der Waals surface area contributed by atoms with Crippen molar-refractivity contribution in [2.24, 2.45) is 0 Å². The summed E-state index contributed by atoms with van der Waals surface area (Å²) in [6.07, 6.45) is 4.17. The number of unbranched alkanes of at least 4 members (excludes halogenated alkanes) is 1. The van der Waals surface area contributed by atoms with Crippen LogP contribution in [0.2, 0.25) is 0 Å². The van der Waals surface area contributed by atoms with Crippen molar-refractivity contribution in [3.63, 3.8) is 0 Å². The van der Waals surface area contributed by atoms with E-state index in [1.165, 1.54) is 0 Å². The van der Waals surface area contributed by atoms with Crippen LogP contribution in [0.25, 0.3) is 0 Å². The second-order valence-electron chi connectivity index (χ2n) is 4.95. The molecule has 1 aromatic carbocycles. The molecule has 4 nitrogen and oxygen atoms in total. The molecule has 1 N–H and O–H groups in total. The van der Waals surface area contributed by atoms with Gasteiger partial charge in [0.15, 0.2) is 6.29 Å². The quantitative estimate of drug-likeness (QED) is 0.427. The van der Waals surface area contributed by atoms with E-state index in [1.807, 2.05) is 31.2 Å². The molecule has 0 heterocycles. The average Bonchev–Trinajstić information content (AvgIpc) is 2.46. The fraction of sp³-hybridized carbons (Fsp3) is 0.471. The lowest BCUT2D eigenvalue weighted by atomic mass is 10.1. The van der Waals surface area contributed by atoms with E-state index in [1.54, 1.807) is 13.0 Å². The topological polar surface area (TPSA) is 55.8 Å². The third-order valence-electron chi connectivity index (χ3n) is 3.06. The van der Waals surface area contributed by atoms with E-state index in [0.29, 0.717) is 18.6 Å². The SMILES string of the molecule is CCCCOC(C)Oc1ccc(C/C=C(\C)C(=O)O)cc1. The number of hydrogen-bond donors (Lipinski definition) is 1. The van der Waals surface area contributed by atoms with Crippen LogP contribution >= 0.6 is 0 Å². The van der Waals surface area contributed by atoms with Crippen molar-refractivity contribution in [1.29, 1.82) is 0 Å². The van der Waals surface area contributed by atoms with Crippen molar-refractivity contribution in [3.8, 4) is 5.75 Å². The zero-order valence-electron chi connectivity index (χ0n) is 13.0. The van der Waals surface area contributed by atoms with Crippen LogP contribution in [0.4, 0.5) is 0 Å². The minimum absolute atomic E-state index is 0.267. The van der Waals surface area contributed by atoms with Crippen LogP contribution in [0.1, 0.15) is 39.2 Å². The number of carboxylic acids is 1. The number of ether oxygens (including phenoxy) is 2. The van der Waals surface area contributed by atoms with Crippen molar-refractivity contribution in [3.05, 3.63) is 41.5 Å². The molecule has 0 saturated carbocycles. The van der Waals surface area contributed by atoms with E-state index in [0.717, 1.165) is 24.2 Å². The van der Waals surface area contributed by atoms with Gasteiger partial charge in [0.05, 0.1) is 6.61 Å². The first-order valence-electron chi connectivity index (χ1n) is 7.30. The molecule has 0 aromatic heterocycles. The molecule has 0 radical (unpaired) electrons. The Hall–Kier alpha value is -1.81. The summed E-state index contributed by atoms with van der Waals surface area (Å²) < 4.78 is 11.2. The highest BCUT2D eigenvalue weighted by Crippen LogP contribution is 2.15. The lowest BCUT2D eigenvalue weighted by Crippen LogP contribution is -2.16. The Kier molecular flexibility index (Phi) is 7.54. The third kappa shape index (κ3) is 6.95. The number of carbonyl (C=O) groups is 1. The van der Waals surface area contributed by atoms with Crippen LogP contribution in [-0.4, -0.2) is 24.0 Å². The molecule has 116 valence electrons. The largest absolute Gasteiger partial charge is 0.478 e. The van der Waals surface area contributed by atoms with Gasteiger partial charge in [-0.1, -0.05) is 31.6 Å². The normalized spacial score (nSPS) is 13.0. The molecule has 1 atom stereocenters. The first-order chi connectivity index (χ1) is 10.0. The summed E-state index contributed by atoms with van der Waals surface area (Å²) in [6, 6.07) is 7.61. The fourth-order valence-corrected chi connectivity index (χ4v) is 1.68. The van der Waals surface area contributed by atoms with Crippen molar-refractivity contribution < 1.29 is 19.4 Å². The fourth-order valence-electron chi connectivity index (χ4n) is 1.68. The standard InChI is InChI=1S/C17H24O4/c1-4-5-12-20-14(3)21-16-10-8-15(9-11-16)7-6-13(2)17(18)19/h6,8-11,14H,4-5,7,12H2,1-3H3,(H,18,19)/b13-6+. The summed E-state index contributed by atoms with van der Waals surface area (Å²) in [6.45, 7) is 6.29. The Morgan fingerprint density at radius 2 is 2.00 bits per heavy atom. The Morgan fingerprint density at radius 3 is 2.57 bits per heavy atom. The maximum absolute atomic E-state index is 10.7. The van der Waals surface area contributed by atoms with Crippen LogP contribution in [0.5, 0.6) is 5.75 Å². The molecular weight excluding hydrogens is 268 g/mol. The molecule has 0 aliphatic rings. The molecule has 1 rings (SSSR count). The van der Waals surface area contributed by atoms with Gasteiger partial charge in [0.25, 0.3) is 0 Å². The number of carboxylic acid groups (broad SMARTS) is 1. The van der Waals surface area contributed by atoms with E-state index in [-0.39, 0.29) is 6.29 Å². The average molecular weight is 292 g/mol. The number of rotatable bonds is 9. The predicted octanol–water partition coefficient (Wildman–Crippen LogP) is 3.80. The van der Waals surface area contributed by atoms with Crippen LogP contribution < -0.4 is 4.74 Å². The van der Waals surface area contributed by atoms with Crippen LogP contribution in [0.15, 0.2) is 35.9 Å². The smallest absolute Gasteiger partial charge is 0.330 e. The molecule has 0 aliphatic carbocycles. The van der Waals surface area contributed by atoms with E-state index in [2.05, 4.69) is 6.92 Å². The lowest BCUT2D eigenvalue weighted by molar-refractivity contribution is -0.132. The van der Waals surface area contributed by atoms with Gasteiger partial charge in [-0.15, -0.1) is 0 Å². The zero-order chi connectivity index (χ0) is 15.7. The molecule has 0 spiro atoms. The van der Waals surface area contributed by atoms with Crippen molar-refractivity contribution in [2.45, 2.75) is 46.3 Å². The molecule has 0 bridgehead atoms. The summed E-state index contributed by atoms with van der Waals surface area (Å²) in [7, 11) is 0. The van der Waals surface area contributed by atoms with Gasteiger partial charge in [0, 0.05) is 5.57 Å². The van der Waals surface area contributed by atoms with Gasteiger partial charge >= 0.3 is 5.97 Å². The Balaban J connectivity index is 2.46. The molecule has 21 heavy (non-hydrogen) atoms. The first-order valence-corrected chi connectivity index (χ1v) is 7.30. The molecular formula is C17H24O4. The molecule has 0 saturated heterocycles. The lowest BCUT2D eigenvalue weighted by Gasteiger charge is -2.15. The van der Waals surface area contributed by atoms with Gasteiger partial charge in [-0.05, 0) is 44.4 Å². The molecule has 4 heteroatoms. The minimum atomic E-state index is -0.881. The van der Waals surface area contributed by atoms with Crippen LogP contribution in [0.3, 0.4) is 0 Å². The second-order valence-corrected chi connectivity index (χ2v) is 4.95. The Morgan fingerprint density at radius 1 is 1.33 bits per heavy atom. The van der Waals surface area contributed by atoms with Gasteiger partial charge in [-0.25, -0.2) is 4.79 Å². The van der Waals surface area contributed by atoms with Gasteiger partial charge in [-0.2, -0.15) is 0 Å². The number of benzene rings is 1. The third-order valence-corrected chi connectivity index (χ3v) is 3.06. The van der Waals surface area contributed by atoms with E-state index < -0.39 is 5.97 Å². The summed E-state index contributed by atoms with van der Waals surface area (Å²) in [5.41, 5.74) is 1.40. The maximum Gasteiger partial charge on any atom is 0.330 e. The second kappa shape index (κ2) is 9.19. The van der Waals surface area contributed by atoms with Gasteiger partial charge in [0.1, 0.15) is 5.75 Å². The summed E-state index contributed by atoms with van der Waals surface area (Å²) in [5.74, 6) is -0.130. The molecule has 0 amide bonds. The summed E-state index contributed by atoms with van der Waals surface area (Å²) >= 11 is 0. The summed E-state index contributed by atoms with van der Waals surface area (Å²) in [4.78, 5) is 10.7. The number of aliphatic carboxylic acids is 1. The van der Waals surface area contributed by atoms with Gasteiger partial charge in [0.2, 0.25) is 0 Å². The Labute approximate surface area is 126 Å². The highest BCUT2D eigenvalue weighted by atomic mass is 16.7. The highest BCUT2D eigenvalue weighted by Gasteiger charge is 2.04. The van der Waals surface area contributed by atoms with E-state index >= 15 is 0 Å². The van der Waals surface area contributed by atoms with Crippen molar-refractivity contribution in [1.82, 2.24) is 0 Å². The maximum atomic E-state index is 10.7. The molecule has 1 unspecified atom stereocenters. The highest BCUT2D eigenvalue weighted by molar-refractivity contribution is 5.85. The predicted molar refractivity (Wildman–Crippen MR) is 82.5 cm³/mol.